The molecule has 194 valence electrons. The minimum atomic E-state index is -1.56. The summed E-state index contributed by atoms with van der Waals surface area (Å²) in [6.45, 7) is 3.36. The molecule has 0 aromatic rings. The third kappa shape index (κ3) is 11.8. The Kier molecular flexibility index (Phi) is 14.5. The van der Waals surface area contributed by atoms with Gasteiger partial charge in [0, 0.05) is 6.42 Å². The molecule has 0 aliphatic carbocycles. The van der Waals surface area contributed by atoms with Crippen molar-refractivity contribution in [1.82, 2.24) is 16.0 Å². The van der Waals surface area contributed by atoms with Gasteiger partial charge in [-0.05, 0) is 30.8 Å². The number of hydrogen-bond acceptors (Lipinski definition) is 8. The lowest BCUT2D eigenvalue weighted by Gasteiger charge is -2.26. The summed E-state index contributed by atoms with van der Waals surface area (Å²) in [5.74, 6) is -5.93. The quantitative estimate of drug-likeness (QED) is 0.119. The van der Waals surface area contributed by atoms with E-state index in [1.165, 1.54) is 11.8 Å². The molecule has 0 bridgehead atoms. The lowest BCUT2D eigenvalue weighted by atomic mass is 9.98. The van der Waals surface area contributed by atoms with E-state index < -0.39 is 72.1 Å². The van der Waals surface area contributed by atoms with Crippen molar-refractivity contribution >= 4 is 47.3 Å². The van der Waals surface area contributed by atoms with E-state index >= 15 is 0 Å². The SMILES string of the molecule is CCC(C)C(NC(=O)C(CCC(N)=O)NC(=O)C(CC(=O)O)NC(=O)C(N)CCSC)C(=O)O. The van der Waals surface area contributed by atoms with Gasteiger partial charge in [-0.1, -0.05) is 20.3 Å². The number of carboxylic acid groups (broad SMARTS) is 2. The van der Waals surface area contributed by atoms with Crippen LogP contribution >= 0.6 is 11.8 Å². The summed E-state index contributed by atoms with van der Waals surface area (Å²) in [6.07, 6.45) is 1.19. The highest BCUT2D eigenvalue weighted by Crippen LogP contribution is 2.10. The number of rotatable bonds is 17. The molecule has 0 fully saturated rings. The predicted molar refractivity (Wildman–Crippen MR) is 125 cm³/mol. The first-order chi connectivity index (χ1) is 15.8. The van der Waals surface area contributed by atoms with E-state index in [9.17, 15) is 33.9 Å². The van der Waals surface area contributed by atoms with Crippen molar-refractivity contribution in [3.8, 4) is 0 Å². The third-order valence-electron chi connectivity index (χ3n) is 5.07. The number of amides is 4. The van der Waals surface area contributed by atoms with Crippen molar-refractivity contribution in [2.75, 3.05) is 12.0 Å². The van der Waals surface area contributed by atoms with Crippen LogP contribution in [-0.2, 0) is 28.8 Å². The Bertz CT molecular complexity index is 750. The van der Waals surface area contributed by atoms with Crippen molar-refractivity contribution in [3.63, 3.8) is 0 Å². The predicted octanol–water partition coefficient (Wildman–Crippen LogP) is -1.61. The highest BCUT2D eigenvalue weighted by atomic mass is 32.2. The number of thioether (sulfide) groups is 1. The Balaban J connectivity index is 5.59. The fourth-order valence-corrected chi connectivity index (χ4v) is 3.29. The van der Waals surface area contributed by atoms with Crippen LogP contribution in [0, 0.1) is 5.92 Å². The summed E-state index contributed by atoms with van der Waals surface area (Å²) >= 11 is 1.46. The van der Waals surface area contributed by atoms with Crippen LogP contribution in [-0.4, -0.2) is 82.0 Å². The van der Waals surface area contributed by atoms with Crippen LogP contribution in [0.25, 0.3) is 0 Å². The third-order valence-corrected chi connectivity index (χ3v) is 5.71. The summed E-state index contributed by atoms with van der Waals surface area (Å²) in [4.78, 5) is 71.8. The van der Waals surface area contributed by atoms with E-state index in [1.54, 1.807) is 13.8 Å². The van der Waals surface area contributed by atoms with E-state index in [0.717, 1.165) is 0 Å². The zero-order chi connectivity index (χ0) is 26.4. The Morgan fingerprint density at radius 2 is 1.47 bits per heavy atom. The maximum absolute atomic E-state index is 12.8. The van der Waals surface area contributed by atoms with Gasteiger partial charge in [-0.3, -0.25) is 24.0 Å². The summed E-state index contributed by atoms with van der Waals surface area (Å²) < 4.78 is 0. The van der Waals surface area contributed by atoms with Gasteiger partial charge in [0.2, 0.25) is 23.6 Å². The van der Waals surface area contributed by atoms with E-state index in [-0.39, 0.29) is 12.8 Å². The fraction of sp³-hybridized carbons (Fsp3) is 0.700. The molecule has 4 amide bonds. The molecule has 0 heterocycles. The molecule has 0 radical (unpaired) electrons. The van der Waals surface area contributed by atoms with Crippen LogP contribution in [0.2, 0.25) is 0 Å². The molecule has 0 aliphatic heterocycles. The van der Waals surface area contributed by atoms with Crippen molar-refractivity contribution in [2.24, 2.45) is 17.4 Å². The van der Waals surface area contributed by atoms with E-state index in [1.807, 2.05) is 6.26 Å². The lowest BCUT2D eigenvalue weighted by Crippen LogP contribution is -2.58. The van der Waals surface area contributed by atoms with Gasteiger partial charge in [-0.25, -0.2) is 4.79 Å². The van der Waals surface area contributed by atoms with Gasteiger partial charge in [0.1, 0.15) is 18.1 Å². The van der Waals surface area contributed by atoms with E-state index in [2.05, 4.69) is 16.0 Å². The van der Waals surface area contributed by atoms with Crippen molar-refractivity contribution in [3.05, 3.63) is 0 Å². The van der Waals surface area contributed by atoms with Crippen LogP contribution in [0.15, 0.2) is 0 Å². The number of nitrogens with one attached hydrogen (secondary N) is 3. The lowest BCUT2D eigenvalue weighted by molar-refractivity contribution is -0.144. The molecule has 0 saturated heterocycles. The minimum Gasteiger partial charge on any atom is -0.481 e. The van der Waals surface area contributed by atoms with Crippen molar-refractivity contribution < 1.29 is 39.0 Å². The van der Waals surface area contributed by atoms with Crippen LogP contribution in [0.1, 0.15) is 46.0 Å². The van der Waals surface area contributed by atoms with Gasteiger partial charge in [0.05, 0.1) is 12.5 Å². The first-order valence-electron chi connectivity index (χ1n) is 10.7. The molecule has 14 heteroatoms. The number of nitrogens with two attached hydrogens (primary N) is 2. The Labute approximate surface area is 202 Å². The molecular formula is C20H35N5O8S. The van der Waals surface area contributed by atoms with Crippen molar-refractivity contribution in [2.45, 2.75) is 70.1 Å². The molecule has 0 aromatic carbocycles. The Morgan fingerprint density at radius 1 is 0.912 bits per heavy atom. The topological polar surface area (TPSA) is 231 Å². The summed E-state index contributed by atoms with van der Waals surface area (Å²) in [6, 6.07) is -5.19. The second-order valence-corrected chi connectivity index (χ2v) is 8.81. The number of carboxylic acids is 2. The number of aliphatic carboxylic acids is 2. The number of carbonyl (C=O) groups excluding carboxylic acids is 4. The standard InChI is InChI=1S/C20H35N5O8S/c1-4-10(2)16(20(32)33)25-18(30)12(5-6-14(22)26)23-19(31)13(9-15(27)28)24-17(29)11(21)7-8-34-3/h10-13,16H,4-9,21H2,1-3H3,(H2,22,26)(H,23,31)(H,24,29)(H,25,30)(H,27,28)(H,32,33). The first kappa shape index (κ1) is 31.1. The van der Waals surface area contributed by atoms with Crippen LogP contribution in [0.4, 0.5) is 0 Å². The monoisotopic (exact) mass is 505 g/mol. The molecule has 0 rings (SSSR count). The van der Waals surface area contributed by atoms with Gasteiger partial charge >= 0.3 is 11.9 Å². The molecule has 0 aromatic heterocycles. The molecule has 0 aliphatic rings. The van der Waals surface area contributed by atoms with Crippen LogP contribution < -0.4 is 27.4 Å². The molecule has 5 unspecified atom stereocenters. The average Bonchev–Trinajstić information content (AvgIpc) is 2.76. The number of primary amides is 1. The zero-order valence-corrected chi connectivity index (χ0v) is 20.4. The van der Waals surface area contributed by atoms with Gasteiger partial charge in [0.25, 0.3) is 0 Å². The second-order valence-electron chi connectivity index (χ2n) is 7.82. The van der Waals surface area contributed by atoms with E-state index in [0.29, 0.717) is 18.6 Å². The molecule has 5 atom stereocenters. The largest absolute Gasteiger partial charge is 0.481 e. The average molecular weight is 506 g/mol. The summed E-state index contributed by atoms with van der Waals surface area (Å²) in [5, 5.41) is 25.4. The highest BCUT2D eigenvalue weighted by Gasteiger charge is 2.32. The fourth-order valence-electron chi connectivity index (χ4n) is 2.80. The van der Waals surface area contributed by atoms with Crippen LogP contribution in [0.5, 0.6) is 0 Å². The molecule has 9 N–H and O–H groups in total. The van der Waals surface area contributed by atoms with Gasteiger partial charge in [-0.15, -0.1) is 0 Å². The molecule has 0 saturated carbocycles. The first-order valence-corrected chi connectivity index (χ1v) is 12.1. The number of carbonyl (C=O) groups is 6. The summed E-state index contributed by atoms with van der Waals surface area (Å²) in [7, 11) is 0. The van der Waals surface area contributed by atoms with Crippen molar-refractivity contribution in [1.29, 1.82) is 0 Å². The highest BCUT2D eigenvalue weighted by molar-refractivity contribution is 7.98. The number of hydrogen-bond donors (Lipinski definition) is 7. The van der Waals surface area contributed by atoms with Gasteiger partial charge < -0.3 is 37.6 Å². The maximum atomic E-state index is 12.8. The maximum Gasteiger partial charge on any atom is 0.326 e. The molecule has 13 nitrogen and oxygen atoms in total. The normalized spacial score (nSPS) is 15.2. The minimum absolute atomic E-state index is 0.263. The molecule has 0 spiro atoms. The van der Waals surface area contributed by atoms with E-state index in [4.69, 9.17) is 16.6 Å². The van der Waals surface area contributed by atoms with Crippen LogP contribution in [0.3, 0.4) is 0 Å². The molecule has 34 heavy (non-hydrogen) atoms. The zero-order valence-electron chi connectivity index (χ0n) is 19.5. The Hall–Kier alpha value is -2.87. The molecular weight excluding hydrogens is 470 g/mol. The van der Waals surface area contributed by atoms with Gasteiger partial charge in [-0.2, -0.15) is 11.8 Å². The smallest absolute Gasteiger partial charge is 0.326 e. The van der Waals surface area contributed by atoms with Gasteiger partial charge in [0.15, 0.2) is 0 Å². The second kappa shape index (κ2) is 15.9. The Morgan fingerprint density at radius 3 is 1.94 bits per heavy atom. The summed E-state index contributed by atoms with van der Waals surface area (Å²) in [5.41, 5.74) is 10.9.